The highest BCUT2D eigenvalue weighted by Crippen LogP contribution is 2.20. The van der Waals surface area contributed by atoms with E-state index in [0.29, 0.717) is 30.9 Å². The predicted molar refractivity (Wildman–Crippen MR) is 91.5 cm³/mol. The second kappa shape index (κ2) is 7.29. The number of hydrogen-bond donors (Lipinski definition) is 2. The van der Waals surface area contributed by atoms with Crippen molar-refractivity contribution in [3.05, 3.63) is 59.5 Å². The largest absolute Gasteiger partial charge is 0.358 e. The van der Waals surface area contributed by atoms with Gasteiger partial charge in [0.05, 0.1) is 5.56 Å². The van der Waals surface area contributed by atoms with Gasteiger partial charge >= 0.3 is 0 Å². The van der Waals surface area contributed by atoms with E-state index in [2.05, 4.69) is 15.6 Å². The average Bonchev–Trinajstić information content (AvgIpc) is 2.97. The number of carbonyl (C=O) groups is 2. The molecule has 1 aliphatic rings. The first-order chi connectivity index (χ1) is 12.1. The molecule has 2 amide bonds. The molecule has 1 unspecified atom stereocenters. The zero-order chi connectivity index (χ0) is 17.8. The van der Waals surface area contributed by atoms with Gasteiger partial charge < -0.3 is 15.5 Å². The number of anilines is 1. The molecule has 130 valence electrons. The lowest BCUT2D eigenvalue weighted by Crippen LogP contribution is -2.34. The molecule has 1 atom stereocenters. The fraction of sp³-hybridized carbons (Fsp3) is 0.278. The summed E-state index contributed by atoms with van der Waals surface area (Å²) in [4.78, 5) is 30.4. The van der Waals surface area contributed by atoms with E-state index in [1.165, 1.54) is 12.1 Å². The van der Waals surface area contributed by atoms with Crippen LogP contribution >= 0.6 is 0 Å². The summed E-state index contributed by atoms with van der Waals surface area (Å²) < 4.78 is 13.0. The van der Waals surface area contributed by atoms with Crippen LogP contribution in [0.3, 0.4) is 0 Å². The van der Waals surface area contributed by atoms with Gasteiger partial charge in [0.2, 0.25) is 5.91 Å². The first-order valence-corrected chi connectivity index (χ1v) is 8.05. The van der Waals surface area contributed by atoms with Gasteiger partial charge in [-0.05, 0) is 36.2 Å². The van der Waals surface area contributed by atoms with Crippen LogP contribution in [0, 0.1) is 5.82 Å². The fourth-order valence-electron chi connectivity index (χ4n) is 2.84. The zero-order valence-electron chi connectivity index (χ0n) is 13.8. The Kier molecular flexibility index (Phi) is 4.92. The van der Waals surface area contributed by atoms with Gasteiger partial charge in [-0.25, -0.2) is 9.37 Å². The summed E-state index contributed by atoms with van der Waals surface area (Å²) in [6.07, 6.45) is 2.19. The lowest BCUT2D eigenvalue weighted by molar-refractivity contribution is -0.128. The molecule has 6 nitrogen and oxygen atoms in total. The number of halogens is 1. The lowest BCUT2D eigenvalue weighted by atomic mass is 10.2. The Balaban J connectivity index is 1.68. The Bertz CT molecular complexity index is 779. The van der Waals surface area contributed by atoms with Gasteiger partial charge in [-0.3, -0.25) is 9.59 Å². The monoisotopic (exact) mass is 342 g/mol. The number of likely N-dealkylation sites (tertiary alicyclic amines) is 1. The van der Waals surface area contributed by atoms with Gasteiger partial charge in [-0.1, -0.05) is 12.1 Å². The predicted octanol–water partition coefficient (Wildman–Crippen LogP) is 1.79. The molecule has 2 N–H and O–H groups in total. The number of aromatic nitrogens is 1. The van der Waals surface area contributed by atoms with Crippen molar-refractivity contribution in [2.75, 3.05) is 18.9 Å². The number of benzene rings is 1. The molecule has 0 saturated carbocycles. The van der Waals surface area contributed by atoms with Crippen molar-refractivity contribution in [2.45, 2.75) is 19.0 Å². The van der Waals surface area contributed by atoms with Crippen molar-refractivity contribution < 1.29 is 14.0 Å². The molecular formula is C18H19FN4O2. The first-order valence-electron chi connectivity index (χ1n) is 8.05. The third-order valence-electron chi connectivity index (χ3n) is 4.17. The summed E-state index contributed by atoms with van der Waals surface area (Å²) in [7, 11) is 1.55. The Labute approximate surface area is 145 Å². The topological polar surface area (TPSA) is 74.3 Å². The molecule has 0 aliphatic carbocycles. The standard InChI is InChI=1S/C18H19FN4O2/c1-20-17(24)14-3-2-9-21-16(14)22-15-8-10-23(18(15)25)11-12-4-6-13(19)7-5-12/h2-7,9,15H,8,10-11H2,1H3,(H,20,24)(H,21,22). The molecule has 0 spiro atoms. The Morgan fingerprint density at radius 3 is 2.80 bits per heavy atom. The number of nitrogens with zero attached hydrogens (tertiary/aromatic N) is 2. The number of hydrogen-bond acceptors (Lipinski definition) is 4. The van der Waals surface area contributed by atoms with Crippen molar-refractivity contribution >= 4 is 17.6 Å². The van der Waals surface area contributed by atoms with E-state index in [9.17, 15) is 14.0 Å². The highest BCUT2D eigenvalue weighted by atomic mass is 19.1. The second-order valence-corrected chi connectivity index (χ2v) is 5.85. The molecule has 1 aliphatic heterocycles. The number of amides is 2. The van der Waals surface area contributed by atoms with Gasteiger partial charge in [0.25, 0.3) is 5.91 Å². The molecule has 25 heavy (non-hydrogen) atoms. The Hall–Kier alpha value is -2.96. The number of carbonyl (C=O) groups excluding carboxylic acids is 2. The van der Waals surface area contributed by atoms with Crippen molar-refractivity contribution in [3.63, 3.8) is 0 Å². The molecule has 2 heterocycles. The summed E-state index contributed by atoms with van der Waals surface area (Å²) in [5, 5.41) is 5.64. The van der Waals surface area contributed by atoms with Gasteiger partial charge in [0.1, 0.15) is 17.7 Å². The maximum atomic E-state index is 13.0. The van der Waals surface area contributed by atoms with E-state index in [4.69, 9.17) is 0 Å². The van der Waals surface area contributed by atoms with Gasteiger partial charge in [0, 0.05) is 26.3 Å². The maximum Gasteiger partial charge on any atom is 0.254 e. The quantitative estimate of drug-likeness (QED) is 0.869. The summed E-state index contributed by atoms with van der Waals surface area (Å²) in [6, 6.07) is 9.01. The maximum absolute atomic E-state index is 13.0. The average molecular weight is 342 g/mol. The third-order valence-corrected chi connectivity index (χ3v) is 4.17. The Morgan fingerprint density at radius 2 is 2.08 bits per heavy atom. The second-order valence-electron chi connectivity index (χ2n) is 5.85. The highest BCUT2D eigenvalue weighted by Gasteiger charge is 2.32. The van der Waals surface area contributed by atoms with Crippen LogP contribution in [-0.4, -0.2) is 41.3 Å². The normalized spacial score (nSPS) is 16.8. The van der Waals surface area contributed by atoms with Gasteiger partial charge in [-0.2, -0.15) is 0 Å². The van der Waals surface area contributed by atoms with Crippen molar-refractivity contribution in [1.29, 1.82) is 0 Å². The molecular weight excluding hydrogens is 323 g/mol. The smallest absolute Gasteiger partial charge is 0.254 e. The zero-order valence-corrected chi connectivity index (χ0v) is 13.8. The summed E-state index contributed by atoms with van der Waals surface area (Å²) >= 11 is 0. The van der Waals surface area contributed by atoms with Gasteiger partial charge in [0.15, 0.2) is 0 Å². The molecule has 0 bridgehead atoms. The van der Waals surface area contributed by atoms with E-state index in [-0.39, 0.29) is 17.6 Å². The fourth-order valence-corrected chi connectivity index (χ4v) is 2.84. The molecule has 2 aromatic rings. The summed E-state index contributed by atoms with van der Waals surface area (Å²) in [5.41, 5.74) is 1.27. The lowest BCUT2D eigenvalue weighted by Gasteiger charge is -2.18. The minimum Gasteiger partial charge on any atom is -0.358 e. The highest BCUT2D eigenvalue weighted by molar-refractivity contribution is 5.99. The van der Waals surface area contributed by atoms with Crippen LogP contribution in [0.25, 0.3) is 0 Å². The van der Waals surface area contributed by atoms with Crippen LogP contribution in [0.2, 0.25) is 0 Å². The molecule has 7 heteroatoms. The first kappa shape index (κ1) is 16.9. The van der Waals surface area contributed by atoms with Crippen molar-refractivity contribution in [2.24, 2.45) is 0 Å². The molecule has 1 fully saturated rings. The molecule has 1 saturated heterocycles. The number of pyridine rings is 1. The molecule has 1 aromatic heterocycles. The van der Waals surface area contributed by atoms with Crippen molar-refractivity contribution in [1.82, 2.24) is 15.2 Å². The van der Waals surface area contributed by atoms with Crippen molar-refractivity contribution in [3.8, 4) is 0 Å². The van der Waals surface area contributed by atoms with E-state index in [1.54, 1.807) is 42.4 Å². The van der Waals surface area contributed by atoms with Crippen LogP contribution in [-0.2, 0) is 11.3 Å². The minimum absolute atomic E-state index is 0.0576. The number of rotatable bonds is 5. The molecule has 3 rings (SSSR count). The molecule has 0 radical (unpaired) electrons. The SMILES string of the molecule is CNC(=O)c1cccnc1NC1CCN(Cc2ccc(F)cc2)C1=O. The Morgan fingerprint density at radius 1 is 1.32 bits per heavy atom. The van der Waals surface area contributed by atoms with Gasteiger partial charge in [-0.15, -0.1) is 0 Å². The van der Waals surface area contributed by atoms with Crippen LogP contribution in [0.1, 0.15) is 22.3 Å². The summed E-state index contributed by atoms with van der Waals surface area (Å²) in [6.45, 7) is 1.03. The van der Waals surface area contributed by atoms with Crippen LogP contribution in [0.15, 0.2) is 42.6 Å². The summed E-state index contributed by atoms with van der Waals surface area (Å²) in [5.74, 6) is -0.223. The van der Waals surface area contributed by atoms with E-state index >= 15 is 0 Å². The van der Waals surface area contributed by atoms with E-state index < -0.39 is 6.04 Å². The van der Waals surface area contributed by atoms with E-state index in [1.807, 2.05) is 0 Å². The van der Waals surface area contributed by atoms with Crippen LogP contribution in [0.4, 0.5) is 10.2 Å². The third kappa shape index (κ3) is 3.76. The van der Waals surface area contributed by atoms with Crippen LogP contribution < -0.4 is 10.6 Å². The molecule has 1 aromatic carbocycles. The minimum atomic E-state index is -0.432. The van der Waals surface area contributed by atoms with Crippen LogP contribution in [0.5, 0.6) is 0 Å². The number of nitrogens with one attached hydrogen (secondary N) is 2. The van der Waals surface area contributed by atoms with E-state index in [0.717, 1.165) is 5.56 Å².